The third-order valence-corrected chi connectivity index (χ3v) is 4.35. The molecule has 2 amide bonds. The average Bonchev–Trinajstić information content (AvgIpc) is 2.46. The summed E-state index contributed by atoms with van der Waals surface area (Å²) in [6, 6.07) is 6.00. The van der Waals surface area contributed by atoms with Crippen molar-refractivity contribution in [2.45, 2.75) is 40.2 Å². The van der Waals surface area contributed by atoms with Crippen molar-refractivity contribution >= 4 is 6.03 Å². The molecule has 3 unspecified atom stereocenters. The van der Waals surface area contributed by atoms with E-state index in [1.54, 1.807) is 7.11 Å². The number of benzene rings is 1. The molecule has 1 aliphatic rings. The second kappa shape index (κ2) is 7.03. The Balaban J connectivity index is 2.06. The van der Waals surface area contributed by atoms with E-state index in [1.165, 1.54) is 6.42 Å². The van der Waals surface area contributed by atoms with Gasteiger partial charge in [0.25, 0.3) is 0 Å². The Labute approximate surface area is 133 Å². The summed E-state index contributed by atoms with van der Waals surface area (Å²) in [4.78, 5) is 14.5. The zero-order valence-corrected chi connectivity index (χ0v) is 14.3. The van der Waals surface area contributed by atoms with Crippen LogP contribution in [0.3, 0.4) is 0 Å². The number of ether oxygens (including phenoxy) is 1. The highest BCUT2D eigenvalue weighted by Crippen LogP contribution is 2.27. The normalized spacial score (nSPS) is 23.0. The maximum atomic E-state index is 12.5. The van der Waals surface area contributed by atoms with Crippen molar-refractivity contribution in [3.8, 4) is 5.75 Å². The fourth-order valence-corrected chi connectivity index (χ4v) is 3.38. The third kappa shape index (κ3) is 3.93. The molecule has 4 nitrogen and oxygen atoms in total. The highest BCUT2D eigenvalue weighted by atomic mass is 16.5. The molecule has 122 valence electrons. The van der Waals surface area contributed by atoms with Gasteiger partial charge in [0.05, 0.1) is 13.2 Å². The van der Waals surface area contributed by atoms with Gasteiger partial charge in [-0.2, -0.15) is 0 Å². The molecule has 1 aromatic rings. The van der Waals surface area contributed by atoms with Gasteiger partial charge in [-0.3, -0.25) is 0 Å². The van der Waals surface area contributed by atoms with E-state index in [9.17, 15) is 4.79 Å². The predicted octanol–water partition coefficient (Wildman–Crippen LogP) is 3.75. The summed E-state index contributed by atoms with van der Waals surface area (Å²) in [5.74, 6) is 1.95. The minimum Gasteiger partial charge on any atom is -0.496 e. The van der Waals surface area contributed by atoms with Crippen LogP contribution in [0.25, 0.3) is 0 Å². The van der Waals surface area contributed by atoms with Crippen molar-refractivity contribution in [1.29, 1.82) is 0 Å². The van der Waals surface area contributed by atoms with E-state index < -0.39 is 0 Å². The lowest BCUT2D eigenvalue weighted by Crippen LogP contribution is -2.48. The number of nitrogens with zero attached hydrogens (tertiary/aromatic N) is 1. The number of nitrogens with one attached hydrogen (secondary N) is 1. The van der Waals surface area contributed by atoms with Crippen LogP contribution in [0, 0.1) is 18.8 Å². The SMILES string of the molecule is COc1ccc(C)cc1C(C)NC(=O)N1CC(C)CC(C)C1. The number of aryl methyl sites for hydroxylation is 1. The molecule has 1 aromatic carbocycles. The molecule has 1 N–H and O–H groups in total. The zero-order chi connectivity index (χ0) is 16.3. The Morgan fingerprint density at radius 3 is 2.55 bits per heavy atom. The first kappa shape index (κ1) is 16.7. The standard InChI is InChI=1S/C18H28N2O2/c1-12-6-7-17(22-5)16(9-12)15(4)19-18(21)20-10-13(2)8-14(3)11-20/h6-7,9,13-15H,8,10-11H2,1-5H3,(H,19,21). The average molecular weight is 304 g/mol. The summed E-state index contributed by atoms with van der Waals surface area (Å²) in [6.45, 7) is 10.2. The van der Waals surface area contributed by atoms with Crippen molar-refractivity contribution in [3.63, 3.8) is 0 Å². The Hall–Kier alpha value is -1.71. The second-order valence-corrected chi connectivity index (χ2v) is 6.77. The summed E-state index contributed by atoms with van der Waals surface area (Å²) >= 11 is 0. The Morgan fingerprint density at radius 1 is 1.32 bits per heavy atom. The molecular weight excluding hydrogens is 276 g/mol. The quantitative estimate of drug-likeness (QED) is 0.924. The lowest BCUT2D eigenvalue weighted by Gasteiger charge is -2.35. The first-order valence-electron chi connectivity index (χ1n) is 8.10. The van der Waals surface area contributed by atoms with Gasteiger partial charge in [-0.1, -0.05) is 31.5 Å². The zero-order valence-electron chi connectivity index (χ0n) is 14.3. The number of rotatable bonds is 3. The molecule has 2 rings (SSSR count). The van der Waals surface area contributed by atoms with Crippen LogP contribution < -0.4 is 10.1 Å². The first-order chi connectivity index (χ1) is 10.4. The number of likely N-dealkylation sites (tertiary alicyclic amines) is 1. The van der Waals surface area contributed by atoms with E-state index in [0.29, 0.717) is 11.8 Å². The van der Waals surface area contributed by atoms with Gasteiger partial charge < -0.3 is 15.0 Å². The minimum atomic E-state index is -0.0742. The van der Waals surface area contributed by atoms with Crippen molar-refractivity contribution in [2.24, 2.45) is 11.8 Å². The number of carbonyl (C=O) groups is 1. The molecule has 0 radical (unpaired) electrons. The van der Waals surface area contributed by atoms with Crippen LogP contribution in [-0.4, -0.2) is 31.1 Å². The smallest absolute Gasteiger partial charge is 0.317 e. The van der Waals surface area contributed by atoms with Crippen LogP contribution in [0.2, 0.25) is 0 Å². The molecule has 0 saturated carbocycles. The lowest BCUT2D eigenvalue weighted by molar-refractivity contribution is 0.144. The fraction of sp³-hybridized carbons (Fsp3) is 0.611. The molecule has 0 aliphatic carbocycles. The molecule has 3 atom stereocenters. The highest BCUT2D eigenvalue weighted by molar-refractivity contribution is 5.75. The van der Waals surface area contributed by atoms with E-state index in [4.69, 9.17) is 4.74 Å². The number of carbonyl (C=O) groups excluding carboxylic acids is 1. The highest BCUT2D eigenvalue weighted by Gasteiger charge is 2.26. The van der Waals surface area contributed by atoms with Crippen molar-refractivity contribution in [1.82, 2.24) is 10.2 Å². The number of hydrogen-bond donors (Lipinski definition) is 1. The summed E-state index contributed by atoms with van der Waals surface area (Å²) in [6.07, 6.45) is 1.20. The van der Waals surface area contributed by atoms with Gasteiger partial charge in [-0.15, -0.1) is 0 Å². The van der Waals surface area contributed by atoms with Crippen molar-refractivity contribution in [2.75, 3.05) is 20.2 Å². The molecule has 0 spiro atoms. The maximum Gasteiger partial charge on any atom is 0.317 e. The molecule has 22 heavy (non-hydrogen) atoms. The monoisotopic (exact) mass is 304 g/mol. The van der Waals surface area contributed by atoms with E-state index in [2.05, 4.69) is 25.2 Å². The summed E-state index contributed by atoms with van der Waals surface area (Å²) in [5.41, 5.74) is 2.19. The van der Waals surface area contributed by atoms with E-state index in [0.717, 1.165) is 30.0 Å². The van der Waals surface area contributed by atoms with E-state index >= 15 is 0 Å². The molecular formula is C18H28N2O2. The van der Waals surface area contributed by atoms with Crippen LogP contribution in [0.15, 0.2) is 18.2 Å². The van der Waals surface area contributed by atoms with Crippen LogP contribution in [0.4, 0.5) is 4.79 Å². The molecule has 1 heterocycles. The van der Waals surface area contributed by atoms with Crippen LogP contribution >= 0.6 is 0 Å². The second-order valence-electron chi connectivity index (χ2n) is 6.77. The van der Waals surface area contributed by atoms with Crippen LogP contribution in [0.5, 0.6) is 5.75 Å². The van der Waals surface area contributed by atoms with Crippen LogP contribution in [-0.2, 0) is 0 Å². The molecule has 1 aliphatic heterocycles. The van der Waals surface area contributed by atoms with E-state index in [1.807, 2.05) is 30.9 Å². The topological polar surface area (TPSA) is 41.6 Å². The number of piperidine rings is 1. The number of hydrogen-bond acceptors (Lipinski definition) is 2. The molecule has 0 bridgehead atoms. The summed E-state index contributed by atoms with van der Waals surface area (Å²) in [5, 5.41) is 3.12. The number of urea groups is 1. The lowest BCUT2D eigenvalue weighted by atomic mass is 9.92. The number of amides is 2. The summed E-state index contributed by atoms with van der Waals surface area (Å²) < 4.78 is 5.42. The van der Waals surface area contributed by atoms with Gasteiger partial charge in [0.15, 0.2) is 0 Å². The minimum absolute atomic E-state index is 0.0226. The third-order valence-electron chi connectivity index (χ3n) is 4.35. The van der Waals surface area contributed by atoms with Gasteiger partial charge in [-0.25, -0.2) is 4.79 Å². The first-order valence-corrected chi connectivity index (χ1v) is 8.10. The Kier molecular flexibility index (Phi) is 5.33. The Morgan fingerprint density at radius 2 is 1.95 bits per heavy atom. The predicted molar refractivity (Wildman–Crippen MR) is 89.2 cm³/mol. The molecule has 4 heteroatoms. The summed E-state index contributed by atoms with van der Waals surface area (Å²) in [7, 11) is 1.66. The Bertz CT molecular complexity index is 520. The number of methoxy groups -OCH3 is 1. The van der Waals surface area contributed by atoms with Gasteiger partial charge in [0.2, 0.25) is 0 Å². The van der Waals surface area contributed by atoms with Crippen LogP contribution in [0.1, 0.15) is 44.4 Å². The van der Waals surface area contributed by atoms with Gasteiger partial charge >= 0.3 is 6.03 Å². The van der Waals surface area contributed by atoms with Gasteiger partial charge in [0, 0.05) is 18.7 Å². The molecule has 0 aromatic heterocycles. The van der Waals surface area contributed by atoms with Gasteiger partial charge in [-0.05, 0) is 38.2 Å². The molecule has 1 saturated heterocycles. The fourth-order valence-electron chi connectivity index (χ4n) is 3.38. The van der Waals surface area contributed by atoms with E-state index in [-0.39, 0.29) is 12.1 Å². The molecule has 1 fully saturated rings. The maximum absolute atomic E-state index is 12.5. The van der Waals surface area contributed by atoms with Gasteiger partial charge in [0.1, 0.15) is 5.75 Å². The van der Waals surface area contributed by atoms with Crippen molar-refractivity contribution < 1.29 is 9.53 Å². The van der Waals surface area contributed by atoms with Crippen molar-refractivity contribution in [3.05, 3.63) is 29.3 Å². The largest absolute Gasteiger partial charge is 0.496 e.